The molecule has 0 radical (unpaired) electrons. The third-order valence-electron chi connectivity index (χ3n) is 8.57. The minimum absolute atomic E-state index is 0.0138. The van der Waals surface area contributed by atoms with Crippen LogP contribution in [-0.4, -0.2) is 64.1 Å². The Kier molecular flexibility index (Phi) is 7.65. The summed E-state index contributed by atoms with van der Waals surface area (Å²) in [5.41, 5.74) is -0.343. The standard InChI is InChI=1S/C30H41N3O4/c1-21(16-22-10-9-11-22)27(35)32-15-14-30(37,29(2,3)19-32)20-33-18-25(28(36)31(4)5)24(17-26(33)34)23-12-7-6-8-13-23/h6-8,12-13,17-18,21-22,37H,9-11,14-16,19-20H2,1-5H3. The number of carbonyl (C=O) groups excluding carboxylic acids is 2. The van der Waals surface area contributed by atoms with Gasteiger partial charge in [0.05, 0.1) is 17.7 Å². The average molecular weight is 508 g/mol. The quantitative estimate of drug-likeness (QED) is 0.613. The van der Waals surface area contributed by atoms with Gasteiger partial charge in [-0.15, -0.1) is 0 Å². The number of piperidine rings is 1. The molecule has 2 unspecified atom stereocenters. The fraction of sp³-hybridized carbons (Fsp3) is 0.567. The molecule has 1 aromatic carbocycles. The number of pyridine rings is 1. The van der Waals surface area contributed by atoms with Gasteiger partial charge in [0.25, 0.3) is 11.5 Å². The van der Waals surface area contributed by atoms with Gasteiger partial charge in [-0.1, -0.05) is 70.4 Å². The number of amides is 2. The highest BCUT2D eigenvalue weighted by molar-refractivity contribution is 6.00. The molecule has 0 spiro atoms. The largest absolute Gasteiger partial charge is 0.387 e. The van der Waals surface area contributed by atoms with Gasteiger partial charge in [0, 0.05) is 56.3 Å². The zero-order chi connectivity index (χ0) is 27.0. The summed E-state index contributed by atoms with van der Waals surface area (Å²) in [5, 5.41) is 11.8. The van der Waals surface area contributed by atoms with Crippen LogP contribution in [0, 0.1) is 17.3 Å². The van der Waals surface area contributed by atoms with Crippen molar-refractivity contribution in [2.24, 2.45) is 17.3 Å². The normalized spacial score (nSPS) is 22.3. The Morgan fingerprint density at radius 2 is 1.84 bits per heavy atom. The van der Waals surface area contributed by atoms with E-state index in [4.69, 9.17) is 0 Å². The predicted octanol–water partition coefficient (Wildman–Crippen LogP) is 4.03. The number of rotatable bonds is 7. The summed E-state index contributed by atoms with van der Waals surface area (Å²) in [6, 6.07) is 10.9. The van der Waals surface area contributed by atoms with Crippen LogP contribution >= 0.6 is 0 Å². The van der Waals surface area contributed by atoms with E-state index in [2.05, 4.69) is 0 Å². The van der Waals surface area contributed by atoms with Gasteiger partial charge in [-0.3, -0.25) is 14.4 Å². The fourth-order valence-electron chi connectivity index (χ4n) is 5.73. The third-order valence-corrected chi connectivity index (χ3v) is 8.57. The van der Waals surface area contributed by atoms with E-state index >= 15 is 0 Å². The molecular weight excluding hydrogens is 466 g/mol. The van der Waals surface area contributed by atoms with E-state index in [0.29, 0.717) is 36.6 Å². The number of hydrogen-bond acceptors (Lipinski definition) is 4. The molecule has 2 fully saturated rings. The molecule has 2 aromatic rings. The summed E-state index contributed by atoms with van der Waals surface area (Å²) in [7, 11) is 3.36. The monoisotopic (exact) mass is 507 g/mol. The molecule has 4 rings (SSSR count). The van der Waals surface area contributed by atoms with E-state index in [1.165, 1.54) is 34.8 Å². The smallest absolute Gasteiger partial charge is 0.255 e. The Hall–Kier alpha value is -2.93. The average Bonchev–Trinajstić information content (AvgIpc) is 2.83. The first-order valence-corrected chi connectivity index (χ1v) is 13.4. The minimum atomic E-state index is -1.21. The number of aliphatic hydroxyl groups is 1. The van der Waals surface area contributed by atoms with Crippen LogP contribution in [-0.2, 0) is 11.3 Å². The molecule has 1 aromatic heterocycles. The Labute approximate surface area is 220 Å². The summed E-state index contributed by atoms with van der Waals surface area (Å²) >= 11 is 0. The highest BCUT2D eigenvalue weighted by Crippen LogP contribution is 2.41. The van der Waals surface area contributed by atoms with Crippen LogP contribution in [0.25, 0.3) is 11.1 Å². The van der Waals surface area contributed by atoms with E-state index < -0.39 is 11.0 Å². The number of benzene rings is 1. The number of carbonyl (C=O) groups is 2. The lowest BCUT2D eigenvalue weighted by Gasteiger charge is -2.51. The molecule has 1 saturated heterocycles. The van der Waals surface area contributed by atoms with Crippen molar-refractivity contribution < 1.29 is 14.7 Å². The second-order valence-electron chi connectivity index (χ2n) is 12.0. The van der Waals surface area contributed by atoms with Gasteiger partial charge in [0.2, 0.25) is 5.91 Å². The van der Waals surface area contributed by atoms with E-state index in [-0.39, 0.29) is 29.8 Å². The van der Waals surface area contributed by atoms with Gasteiger partial charge >= 0.3 is 0 Å². The van der Waals surface area contributed by atoms with Crippen molar-refractivity contribution in [1.29, 1.82) is 0 Å². The minimum Gasteiger partial charge on any atom is -0.387 e. The molecule has 7 heteroatoms. The molecule has 2 heterocycles. The zero-order valence-electron chi connectivity index (χ0n) is 22.9. The Balaban J connectivity index is 1.58. The molecule has 1 N–H and O–H groups in total. The van der Waals surface area contributed by atoms with Gasteiger partial charge in [-0.2, -0.15) is 0 Å². The molecule has 2 amide bonds. The highest BCUT2D eigenvalue weighted by atomic mass is 16.3. The van der Waals surface area contributed by atoms with Gasteiger partial charge in [0.15, 0.2) is 0 Å². The Morgan fingerprint density at radius 1 is 1.16 bits per heavy atom. The fourth-order valence-corrected chi connectivity index (χ4v) is 5.73. The first kappa shape index (κ1) is 27.1. The molecule has 1 aliphatic carbocycles. The van der Waals surface area contributed by atoms with E-state index in [0.717, 1.165) is 12.0 Å². The summed E-state index contributed by atoms with van der Waals surface area (Å²) in [6.07, 6.45) is 6.59. The van der Waals surface area contributed by atoms with Gasteiger partial charge < -0.3 is 19.5 Å². The molecular formula is C30H41N3O4. The third kappa shape index (κ3) is 5.52. The highest BCUT2D eigenvalue weighted by Gasteiger charge is 2.49. The van der Waals surface area contributed by atoms with Gasteiger partial charge in [-0.25, -0.2) is 0 Å². The lowest BCUT2D eigenvalue weighted by Crippen LogP contribution is -2.61. The van der Waals surface area contributed by atoms with Gasteiger partial charge in [-0.05, 0) is 24.3 Å². The summed E-state index contributed by atoms with van der Waals surface area (Å²) in [6.45, 7) is 6.87. The summed E-state index contributed by atoms with van der Waals surface area (Å²) in [4.78, 5) is 42.9. The first-order valence-electron chi connectivity index (χ1n) is 13.4. The lowest BCUT2D eigenvalue weighted by molar-refractivity contribution is -0.157. The Bertz CT molecular complexity index is 1200. The molecule has 2 atom stereocenters. The first-order chi connectivity index (χ1) is 17.4. The molecule has 37 heavy (non-hydrogen) atoms. The van der Waals surface area contributed by atoms with Crippen molar-refractivity contribution in [3.05, 3.63) is 58.5 Å². The number of nitrogens with zero attached hydrogens (tertiary/aromatic N) is 3. The molecule has 200 valence electrons. The van der Waals surface area contributed by atoms with Crippen LogP contribution in [0.2, 0.25) is 0 Å². The van der Waals surface area contributed by atoms with Crippen LogP contribution < -0.4 is 5.56 Å². The predicted molar refractivity (Wildman–Crippen MR) is 145 cm³/mol. The Morgan fingerprint density at radius 3 is 2.41 bits per heavy atom. The maximum atomic E-state index is 13.2. The van der Waals surface area contributed by atoms with Crippen LogP contribution in [0.1, 0.15) is 63.2 Å². The molecule has 1 aliphatic heterocycles. The topological polar surface area (TPSA) is 82.8 Å². The number of aromatic nitrogens is 1. The van der Waals surface area contributed by atoms with Crippen molar-refractivity contribution in [1.82, 2.24) is 14.4 Å². The van der Waals surface area contributed by atoms with Gasteiger partial charge in [0.1, 0.15) is 0 Å². The van der Waals surface area contributed by atoms with Crippen LogP contribution in [0.15, 0.2) is 47.4 Å². The van der Waals surface area contributed by atoms with Crippen LogP contribution in [0.4, 0.5) is 0 Å². The molecule has 1 saturated carbocycles. The van der Waals surface area contributed by atoms with Crippen LogP contribution in [0.3, 0.4) is 0 Å². The maximum absolute atomic E-state index is 13.2. The van der Waals surface area contributed by atoms with Crippen molar-refractivity contribution in [2.75, 3.05) is 27.2 Å². The number of hydrogen-bond donors (Lipinski definition) is 1. The van der Waals surface area contributed by atoms with Crippen molar-refractivity contribution in [3.8, 4) is 11.1 Å². The zero-order valence-corrected chi connectivity index (χ0v) is 22.9. The SMILES string of the molecule is CC(CC1CCC1)C(=O)N1CCC(O)(Cn2cc(C(=O)N(C)C)c(-c3ccccc3)cc2=O)C(C)(C)C1. The second-order valence-corrected chi connectivity index (χ2v) is 12.0. The second kappa shape index (κ2) is 10.4. The summed E-state index contributed by atoms with van der Waals surface area (Å²) in [5.74, 6) is 0.600. The molecule has 7 nitrogen and oxygen atoms in total. The van der Waals surface area contributed by atoms with E-state index in [9.17, 15) is 19.5 Å². The maximum Gasteiger partial charge on any atom is 0.255 e. The molecule has 0 bridgehead atoms. The van der Waals surface area contributed by atoms with Crippen molar-refractivity contribution in [2.45, 2.75) is 65.0 Å². The summed E-state index contributed by atoms with van der Waals surface area (Å²) < 4.78 is 1.46. The van der Waals surface area contributed by atoms with E-state index in [1.54, 1.807) is 20.3 Å². The van der Waals surface area contributed by atoms with Crippen molar-refractivity contribution in [3.63, 3.8) is 0 Å². The van der Waals surface area contributed by atoms with Crippen molar-refractivity contribution >= 4 is 11.8 Å². The van der Waals surface area contributed by atoms with E-state index in [1.807, 2.05) is 56.0 Å². The lowest BCUT2D eigenvalue weighted by atomic mass is 9.69. The molecule has 2 aliphatic rings. The number of likely N-dealkylation sites (tertiary alicyclic amines) is 1. The van der Waals surface area contributed by atoms with Crippen LogP contribution in [0.5, 0.6) is 0 Å².